The Morgan fingerprint density at radius 1 is 1.35 bits per heavy atom. The number of carbonyl (C=O) groups is 2. The quantitative estimate of drug-likeness (QED) is 0.939. The van der Waals surface area contributed by atoms with E-state index in [1.54, 1.807) is 22.3 Å². The lowest BCUT2D eigenvalue weighted by Crippen LogP contribution is -2.39. The molecule has 1 unspecified atom stereocenters. The van der Waals surface area contributed by atoms with Gasteiger partial charge in [-0.15, -0.1) is 11.3 Å². The molecule has 1 aromatic heterocycles. The first-order valence-corrected chi connectivity index (χ1v) is 8.34. The van der Waals surface area contributed by atoms with Crippen LogP contribution in [0.25, 0.3) is 0 Å². The number of carboxylic acid groups (broad SMARTS) is 1. The van der Waals surface area contributed by atoms with Crippen LogP contribution in [0.4, 0.5) is 5.69 Å². The van der Waals surface area contributed by atoms with Crippen LogP contribution in [-0.2, 0) is 16.0 Å². The van der Waals surface area contributed by atoms with Gasteiger partial charge in [0.25, 0.3) is 0 Å². The number of thiazole rings is 1. The molecule has 0 spiro atoms. The number of anilines is 1. The van der Waals surface area contributed by atoms with E-state index in [2.05, 4.69) is 4.98 Å². The number of aliphatic carboxylic acids is 1. The molecule has 2 heterocycles. The maximum atomic E-state index is 12.7. The molecule has 2 aromatic rings. The fraction of sp³-hybridized carbons (Fsp3) is 0.353. The van der Waals surface area contributed by atoms with Gasteiger partial charge in [0.2, 0.25) is 5.91 Å². The molecular weight excluding hydrogens is 312 g/mol. The Morgan fingerprint density at radius 3 is 2.74 bits per heavy atom. The third kappa shape index (κ3) is 2.99. The summed E-state index contributed by atoms with van der Waals surface area (Å²) < 4.78 is 0. The molecule has 0 fully saturated rings. The number of carbonyl (C=O) groups excluding carboxylic acids is 1. The van der Waals surface area contributed by atoms with Crippen LogP contribution in [0.2, 0.25) is 0 Å². The number of aromatic nitrogens is 1. The average Bonchev–Trinajstić information content (AvgIpc) is 2.83. The summed E-state index contributed by atoms with van der Waals surface area (Å²) in [6, 6.07) is 7.27. The first-order chi connectivity index (χ1) is 11.0. The second kappa shape index (κ2) is 6.12. The maximum Gasteiger partial charge on any atom is 0.311 e. The minimum Gasteiger partial charge on any atom is -0.481 e. The van der Waals surface area contributed by atoms with Crippen LogP contribution in [0.3, 0.4) is 0 Å². The highest BCUT2D eigenvalue weighted by atomic mass is 32.1. The number of aryl methyl sites for hydroxylation is 2. The first-order valence-electron chi connectivity index (χ1n) is 7.52. The predicted octanol–water partition coefficient (Wildman–Crippen LogP) is 2.91. The van der Waals surface area contributed by atoms with Gasteiger partial charge in [-0.25, -0.2) is 4.98 Å². The number of amides is 1. The summed E-state index contributed by atoms with van der Waals surface area (Å²) in [7, 11) is 0. The average molecular weight is 330 g/mol. The molecule has 0 saturated carbocycles. The molecule has 23 heavy (non-hydrogen) atoms. The van der Waals surface area contributed by atoms with Gasteiger partial charge in [0.15, 0.2) is 0 Å². The molecule has 1 atom stereocenters. The van der Waals surface area contributed by atoms with E-state index in [9.17, 15) is 14.7 Å². The van der Waals surface area contributed by atoms with Gasteiger partial charge in [-0.2, -0.15) is 0 Å². The molecule has 0 aliphatic carbocycles. The van der Waals surface area contributed by atoms with Crippen molar-refractivity contribution >= 4 is 28.9 Å². The van der Waals surface area contributed by atoms with Crippen LogP contribution >= 0.6 is 11.3 Å². The molecule has 1 N–H and O–H groups in total. The fourth-order valence-corrected chi connectivity index (χ4v) is 3.89. The van der Waals surface area contributed by atoms with E-state index in [0.29, 0.717) is 24.2 Å². The van der Waals surface area contributed by atoms with Crippen molar-refractivity contribution in [1.29, 1.82) is 0 Å². The molecule has 6 heteroatoms. The summed E-state index contributed by atoms with van der Waals surface area (Å²) in [5.41, 5.74) is 2.24. The van der Waals surface area contributed by atoms with Gasteiger partial charge in [0, 0.05) is 17.1 Å². The Bertz CT molecular complexity index is 769. The van der Waals surface area contributed by atoms with Crippen molar-refractivity contribution in [3.8, 4) is 0 Å². The third-order valence-electron chi connectivity index (χ3n) is 4.16. The van der Waals surface area contributed by atoms with Crippen LogP contribution in [0.5, 0.6) is 0 Å². The number of nitrogens with zero attached hydrogens (tertiary/aromatic N) is 2. The van der Waals surface area contributed by atoms with Gasteiger partial charge < -0.3 is 10.0 Å². The molecule has 5 nitrogen and oxygen atoms in total. The molecule has 3 rings (SSSR count). The van der Waals surface area contributed by atoms with Crippen molar-refractivity contribution in [1.82, 2.24) is 4.98 Å². The summed E-state index contributed by atoms with van der Waals surface area (Å²) in [6.45, 7) is 4.33. The van der Waals surface area contributed by atoms with E-state index in [1.807, 2.05) is 32.0 Å². The number of hydrogen-bond donors (Lipinski definition) is 1. The number of carboxylic acids is 1. The Morgan fingerprint density at radius 2 is 2.09 bits per heavy atom. The lowest BCUT2D eigenvalue weighted by Gasteiger charge is -2.32. The lowest BCUT2D eigenvalue weighted by atomic mass is 9.90. The molecule has 0 radical (unpaired) electrons. The zero-order valence-corrected chi connectivity index (χ0v) is 13.9. The minimum absolute atomic E-state index is 0.0327. The van der Waals surface area contributed by atoms with Gasteiger partial charge in [0.05, 0.1) is 23.0 Å². The van der Waals surface area contributed by atoms with Crippen molar-refractivity contribution in [3.63, 3.8) is 0 Å². The second-order valence-electron chi connectivity index (χ2n) is 5.70. The molecular formula is C17H18N2O3S. The van der Waals surface area contributed by atoms with E-state index >= 15 is 0 Å². The summed E-state index contributed by atoms with van der Waals surface area (Å²) in [6.07, 6.45) is 0.690. The molecule has 1 aliphatic rings. The Balaban J connectivity index is 1.88. The van der Waals surface area contributed by atoms with Gasteiger partial charge in [-0.3, -0.25) is 9.59 Å². The van der Waals surface area contributed by atoms with E-state index < -0.39 is 11.9 Å². The van der Waals surface area contributed by atoms with E-state index in [0.717, 1.165) is 15.6 Å². The standard InChI is InChI=1S/C17H18N2O3S/c1-10-14(18-11(2)23-10)9-16(20)19-8-7-13(17(21)22)12-5-3-4-6-15(12)19/h3-6,13H,7-9H2,1-2H3,(H,21,22). The van der Waals surface area contributed by atoms with Crippen molar-refractivity contribution in [2.75, 3.05) is 11.4 Å². The summed E-state index contributed by atoms with van der Waals surface area (Å²) in [5.74, 6) is -1.41. The number of rotatable bonds is 3. The topological polar surface area (TPSA) is 70.5 Å². The maximum absolute atomic E-state index is 12.7. The summed E-state index contributed by atoms with van der Waals surface area (Å²) in [4.78, 5) is 31.3. The van der Waals surface area contributed by atoms with Crippen molar-refractivity contribution in [2.45, 2.75) is 32.6 Å². The van der Waals surface area contributed by atoms with Crippen LogP contribution < -0.4 is 4.90 Å². The largest absolute Gasteiger partial charge is 0.481 e. The van der Waals surface area contributed by atoms with E-state index in [4.69, 9.17) is 0 Å². The lowest BCUT2D eigenvalue weighted by molar-refractivity contribution is -0.139. The number of fused-ring (bicyclic) bond motifs is 1. The van der Waals surface area contributed by atoms with E-state index in [-0.39, 0.29) is 12.3 Å². The zero-order chi connectivity index (χ0) is 16.6. The summed E-state index contributed by atoms with van der Waals surface area (Å²) >= 11 is 1.59. The molecule has 120 valence electrons. The van der Waals surface area contributed by atoms with Crippen LogP contribution in [0.15, 0.2) is 24.3 Å². The van der Waals surface area contributed by atoms with Crippen LogP contribution in [0, 0.1) is 13.8 Å². The van der Waals surface area contributed by atoms with Crippen LogP contribution in [0.1, 0.15) is 33.5 Å². The van der Waals surface area contributed by atoms with Crippen LogP contribution in [-0.4, -0.2) is 28.5 Å². The Labute approximate surface area is 138 Å². The minimum atomic E-state index is -0.837. The zero-order valence-electron chi connectivity index (χ0n) is 13.1. The van der Waals surface area contributed by atoms with Gasteiger partial charge in [0.1, 0.15) is 0 Å². The molecule has 1 aliphatic heterocycles. The second-order valence-corrected chi connectivity index (χ2v) is 7.10. The predicted molar refractivity (Wildman–Crippen MR) is 89.1 cm³/mol. The van der Waals surface area contributed by atoms with Gasteiger partial charge in [-0.1, -0.05) is 18.2 Å². The van der Waals surface area contributed by atoms with Crippen molar-refractivity contribution < 1.29 is 14.7 Å². The fourth-order valence-electron chi connectivity index (χ4n) is 3.05. The first kappa shape index (κ1) is 15.7. The summed E-state index contributed by atoms with van der Waals surface area (Å²) in [5, 5.41) is 10.3. The number of para-hydroxylation sites is 1. The third-order valence-corrected chi connectivity index (χ3v) is 5.09. The van der Waals surface area contributed by atoms with Crippen molar-refractivity contribution in [3.05, 3.63) is 45.4 Å². The van der Waals surface area contributed by atoms with Gasteiger partial charge >= 0.3 is 5.97 Å². The molecule has 0 bridgehead atoms. The van der Waals surface area contributed by atoms with E-state index in [1.165, 1.54) is 0 Å². The molecule has 1 aromatic carbocycles. The highest BCUT2D eigenvalue weighted by molar-refractivity contribution is 7.11. The monoisotopic (exact) mass is 330 g/mol. The highest BCUT2D eigenvalue weighted by Crippen LogP contribution is 2.35. The molecule has 0 saturated heterocycles. The normalized spacial score (nSPS) is 17.0. The van der Waals surface area contributed by atoms with Crippen molar-refractivity contribution in [2.24, 2.45) is 0 Å². The smallest absolute Gasteiger partial charge is 0.311 e. The van der Waals surface area contributed by atoms with Gasteiger partial charge in [-0.05, 0) is 31.9 Å². The highest BCUT2D eigenvalue weighted by Gasteiger charge is 2.32. The molecule has 1 amide bonds. The Kier molecular flexibility index (Phi) is 4.17. The Hall–Kier alpha value is -2.21. The SMILES string of the molecule is Cc1nc(CC(=O)N2CCC(C(=O)O)c3ccccc32)c(C)s1. The number of hydrogen-bond acceptors (Lipinski definition) is 4. The number of benzene rings is 1.